The fraction of sp³-hybridized carbons (Fsp3) is 0.333. The Bertz CT molecular complexity index is 1290. The molecule has 4 aliphatic heterocycles. The Morgan fingerprint density at radius 3 is 2.34 bits per heavy atom. The van der Waals surface area contributed by atoms with E-state index < -0.39 is 5.97 Å². The molecule has 8 heteroatoms. The van der Waals surface area contributed by atoms with Crippen LogP contribution in [0.15, 0.2) is 72.8 Å². The average molecular weight is 515 g/mol. The number of ether oxygens (including phenoxy) is 1. The molecule has 2 unspecified atom stereocenters. The third kappa shape index (κ3) is 5.45. The molecule has 4 aliphatic rings. The van der Waals surface area contributed by atoms with Crippen molar-refractivity contribution in [3.05, 3.63) is 95.1 Å². The van der Waals surface area contributed by atoms with Crippen LogP contribution < -0.4 is 5.73 Å². The molecular formula is C30H34N4O4. The van der Waals surface area contributed by atoms with Gasteiger partial charge in [-0.1, -0.05) is 54.6 Å². The summed E-state index contributed by atoms with van der Waals surface area (Å²) in [5, 5.41) is 26.3. The van der Waals surface area contributed by atoms with Gasteiger partial charge in [-0.2, -0.15) is 0 Å². The van der Waals surface area contributed by atoms with Crippen molar-refractivity contribution in [3.8, 4) is 5.75 Å². The lowest BCUT2D eigenvalue weighted by Crippen LogP contribution is -2.53. The van der Waals surface area contributed by atoms with Crippen LogP contribution in [0.4, 0.5) is 5.69 Å². The SMILES string of the molecule is N=C(OC1CN2CCC1CC2)N1CCc2ccccc2C1c1ccccc1.Nc1ccc(C(=O)O)c(O)c1. The van der Waals surface area contributed by atoms with Gasteiger partial charge in [0.15, 0.2) is 0 Å². The number of aromatic carboxylic acids is 1. The first kappa shape index (κ1) is 25.6. The summed E-state index contributed by atoms with van der Waals surface area (Å²) < 4.78 is 6.30. The van der Waals surface area contributed by atoms with Crippen molar-refractivity contribution in [1.29, 1.82) is 5.41 Å². The molecule has 2 bridgehead atoms. The van der Waals surface area contributed by atoms with Crippen molar-refractivity contribution in [2.45, 2.75) is 31.4 Å². The number of nitrogens with two attached hydrogens (primary N) is 1. The summed E-state index contributed by atoms with van der Waals surface area (Å²) in [6, 6.07) is 23.5. The number of carboxylic acids is 1. The van der Waals surface area contributed by atoms with E-state index in [1.54, 1.807) is 0 Å². The number of rotatable bonds is 3. The number of phenols is 1. The van der Waals surface area contributed by atoms with Crippen molar-refractivity contribution < 1.29 is 19.7 Å². The monoisotopic (exact) mass is 514 g/mol. The van der Waals surface area contributed by atoms with Crippen molar-refractivity contribution in [2.75, 3.05) is 31.9 Å². The van der Waals surface area contributed by atoms with Gasteiger partial charge in [0, 0.05) is 24.8 Å². The van der Waals surface area contributed by atoms with Crippen LogP contribution in [0, 0.1) is 11.3 Å². The van der Waals surface area contributed by atoms with Crippen LogP contribution in [0.2, 0.25) is 0 Å². The maximum Gasteiger partial charge on any atom is 0.339 e. The highest BCUT2D eigenvalue weighted by molar-refractivity contribution is 5.91. The maximum absolute atomic E-state index is 10.3. The molecule has 7 rings (SSSR count). The predicted octanol–water partition coefficient (Wildman–Crippen LogP) is 4.35. The summed E-state index contributed by atoms with van der Waals surface area (Å²) in [5.74, 6) is -0.859. The molecule has 3 aromatic carbocycles. The largest absolute Gasteiger partial charge is 0.507 e. The number of hydrogen-bond acceptors (Lipinski definition) is 6. The molecule has 38 heavy (non-hydrogen) atoms. The Hall–Kier alpha value is -4.04. The zero-order valence-electron chi connectivity index (χ0n) is 21.3. The quantitative estimate of drug-likeness (QED) is 0.233. The van der Waals surface area contributed by atoms with Gasteiger partial charge in [-0.3, -0.25) is 10.3 Å². The molecule has 0 amide bonds. The minimum Gasteiger partial charge on any atom is -0.507 e. The molecule has 8 nitrogen and oxygen atoms in total. The number of nitrogen functional groups attached to an aromatic ring is 1. The topological polar surface area (TPSA) is 123 Å². The minimum atomic E-state index is -1.16. The highest BCUT2D eigenvalue weighted by Gasteiger charge is 2.38. The Balaban J connectivity index is 0.000000226. The van der Waals surface area contributed by atoms with Gasteiger partial charge in [-0.15, -0.1) is 0 Å². The van der Waals surface area contributed by atoms with Gasteiger partial charge in [0.05, 0.1) is 6.04 Å². The number of nitrogens with zero attached hydrogens (tertiary/aromatic N) is 2. The minimum absolute atomic E-state index is 0.0599. The van der Waals surface area contributed by atoms with Gasteiger partial charge in [-0.05, 0) is 67.1 Å². The van der Waals surface area contributed by atoms with Crippen molar-refractivity contribution in [2.24, 2.45) is 5.92 Å². The summed E-state index contributed by atoms with van der Waals surface area (Å²) in [6.07, 6.45) is 3.56. The molecule has 0 saturated carbocycles. The van der Waals surface area contributed by atoms with Gasteiger partial charge < -0.3 is 25.6 Å². The fourth-order valence-corrected chi connectivity index (χ4v) is 5.77. The van der Waals surface area contributed by atoms with Crippen molar-refractivity contribution >= 4 is 17.7 Å². The van der Waals surface area contributed by atoms with E-state index in [4.69, 9.17) is 26.1 Å². The number of benzene rings is 3. The van der Waals surface area contributed by atoms with Gasteiger partial charge in [0.2, 0.25) is 0 Å². The lowest BCUT2D eigenvalue weighted by Gasteiger charge is -2.46. The molecule has 5 N–H and O–H groups in total. The van der Waals surface area contributed by atoms with Gasteiger partial charge in [-0.25, -0.2) is 4.79 Å². The number of carboxylic acid groups (broad SMARTS) is 1. The molecule has 198 valence electrons. The van der Waals surface area contributed by atoms with Crippen molar-refractivity contribution in [3.63, 3.8) is 0 Å². The zero-order valence-corrected chi connectivity index (χ0v) is 21.3. The number of fused-ring (bicyclic) bond motifs is 4. The number of amidine groups is 1. The number of nitrogens with one attached hydrogen (secondary N) is 1. The van der Waals surface area contributed by atoms with Crippen molar-refractivity contribution in [1.82, 2.24) is 9.80 Å². The smallest absolute Gasteiger partial charge is 0.339 e. The van der Waals surface area contributed by atoms with Crippen LogP contribution in [-0.2, 0) is 11.2 Å². The second kappa shape index (κ2) is 11.1. The molecule has 3 saturated heterocycles. The molecule has 4 heterocycles. The normalized spacial score (nSPS) is 23.5. The van der Waals surface area contributed by atoms with Crippen LogP contribution in [0.25, 0.3) is 0 Å². The number of carbonyl (C=O) groups is 1. The molecular weight excluding hydrogens is 480 g/mol. The average Bonchev–Trinajstić information content (AvgIpc) is 2.93. The van der Waals surface area contributed by atoms with E-state index in [1.165, 1.54) is 60.8 Å². The van der Waals surface area contributed by atoms with E-state index in [2.05, 4.69) is 64.4 Å². The fourth-order valence-electron chi connectivity index (χ4n) is 5.77. The summed E-state index contributed by atoms with van der Waals surface area (Å²) in [7, 11) is 0. The van der Waals surface area contributed by atoms with Crippen LogP contribution in [0.1, 0.15) is 45.9 Å². The summed E-state index contributed by atoms with van der Waals surface area (Å²) in [6.45, 7) is 4.20. The first-order chi connectivity index (χ1) is 18.4. The van der Waals surface area contributed by atoms with Crippen LogP contribution in [0.3, 0.4) is 0 Å². The molecule has 3 fully saturated rings. The third-order valence-corrected chi connectivity index (χ3v) is 7.77. The number of anilines is 1. The second-order valence-corrected chi connectivity index (χ2v) is 10.1. The van der Waals surface area contributed by atoms with E-state index >= 15 is 0 Å². The Morgan fingerprint density at radius 2 is 1.68 bits per heavy atom. The van der Waals surface area contributed by atoms with Crippen LogP contribution in [-0.4, -0.2) is 64.3 Å². The first-order valence-electron chi connectivity index (χ1n) is 13.1. The van der Waals surface area contributed by atoms with E-state index in [0.29, 0.717) is 17.6 Å². The molecule has 2 atom stereocenters. The Kier molecular flexibility index (Phi) is 7.51. The standard InChI is InChI=1S/C23H27N3O.C7H7NO3/c24-23(27-21-16-25-13-10-18(21)11-14-25)26-15-12-17-6-4-5-9-20(17)22(26)19-7-2-1-3-8-19;8-4-1-2-5(7(10)11)6(9)3-4/h1-9,18,21-22,24H,10-16H2;1-3,9H,8H2,(H,10,11). The molecule has 0 radical (unpaired) electrons. The molecule has 0 aliphatic carbocycles. The molecule has 0 spiro atoms. The molecule has 3 aromatic rings. The van der Waals surface area contributed by atoms with E-state index in [-0.39, 0.29) is 23.5 Å². The third-order valence-electron chi connectivity index (χ3n) is 7.77. The molecule has 0 aromatic heterocycles. The summed E-state index contributed by atoms with van der Waals surface area (Å²) in [4.78, 5) is 15.0. The number of piperidine rings is 3. The predicted molar refractivity (Wildman–Crippen MR) is 146 cm³/mol. The van der Waals surface area contributed by atoms with Crippen LogP contribution >= 0.6 is 0 Å². The highest BCUT2D eigenvalue weighted by Crippen LogP contribution is 2.36. The van der Waals surface area contributed by atoms with Gasteiger partial charge >= 0.3 is 5.97 Å². The van der Waals surface area contributed by atoms with Crippen LogP contribution in [0.5, 0.6) is 5.75 Å². The second-order valence-electron chi connectivity index (χ2n) is 10.1. The van der Waals surface area contributed by atoms with E-state index in [0.717, 1.165) is 19.5 Å². The van der Waals surface area contributed by atoms with Gasteiger partial charge in [0.1, 0.15) is 17.4 Å². The van der Waals surface area contributed by atoms with E-state index in [1.807, 2.05) is 0 Å². The maximum atomic E-state index is 10.3. The zero-order chi connectivity index (χ0) is 26.6. The summed E-state index contributed by atoms with van der Waals surface area (Å²) >= 11 is 0. The van der Waals surface area contributed by atoms with E-state index in [9.17, 15) is 4.79 Å². The lowest BCUT2D eigenvalue weighted by atomic mass is 9.86. The Morgan fingerprint density at radius 1 is 0.974 bits per heavy atom. The first-order valence-corrected chi connectivity index (χ1v) is 13.1. The highest BCUT2D eigenvalue weighted by atomic mass is 16.5. The summed E-state index contributed by atoms with van der Waals surface area (Å²) in [5.41, 5.74) is 9.39. The number of aromatic hydroxyl groups is 1. The Labute approximate surface area is 222 Å². The number of hydrogen-bond donors (Lipinski definition) is 4. The lowest BCUT2D eigenvalue weighted by molar-refractivity contribution is -0.0256. The van der Waals surface area contributed by atoms with Gasteiger partial charge in [0.25, 0.3) is 6.02 Å².